The highest BCUT2D eigenvalue weighted by Gasteiger charge is 2.39. The van der Waals surface area contributed by atoms with Gasteiger partial charge in [0.25, 0.3) is 0 Å². The molecule has 6 nitrogen and oxygen atoms in total. The van der Waals surface area contributed by atoms with Crippen LogP contribution < -0.4 is 5.73 Å². The first-order chi connectivity index (χ1) is 8.71. The van der Waals surface area contributed by atoms with Gasteiger partial charge >= 0.3 is 5.69 Å². The number of rotatable bonds is 3. The Morgan fingerprint density at radius 3 is 2.63 bits per heavy atom. The van der Waals surface area contributed by atoms with Gasteiger partial charge in [-0.3, -0.25) is 10.1 Å². The zero-order valence-electron chi connectivity index (χ0n) is 10.0. The van der Waals surface area contributed by atoms with Crippen molar-refractivity contribution in [1.29, 1.82) is 0 Å². The normalized spacial score (nSPS) is 25.4. The third-order valence-electron chi connectivity index (χ3n) is 3.18. The first-order valence-corrected chi connectivity index (χ1v) is 7.45. The molecule has 1 fully saturated rings. The lowest BCUT2D eigenvalue weighted by Crippen LogP contribution is -2.43. The molecule has 19 heavy (non-hydrogen) atoms. The minimum atomic E-state index is -3.13. The second kappa shape index (κ2) is 4.53. The van der Waals surface area contributed by atoms with Crippen LogP contribution in [0.5, 0.6) is 0 Å². The lowest BCUT2D eigenvalue weighted by Gasteiger charge is -2.21. The molecule has 0 amide bonds. The zero-order chi connectivity index (χ0) is 14.3. The number of nitrogens with zero attached hydrogens (tertiary/aromatic N) is 1. The van der Waals surface area contributed by atoms with Crippen molar-refractivity contribution < 1.29 is 17.7 Å². The lowest BCUT2D eigenvalue weighted by atomic mass is 9.91. The van der Waals surface area contributed by atoms with Crippen molar-refractivity contribution in [3.05, 3.63) is 39.7 Å². The van der Waals surface area contributed by atoms with Crippen LogP contribution in [0.3, 0.4) is 0 Å². The maximum absolute atomic E-state index is 13.5. The fourth-order valence-corrected chi connectivity index (χ4v) is 4.28. The van der Waals surface area contributed by atoms with Gasteiger partial charge < -0.3 is 5.73 Å². The van der Waals surface area contributed by atoms with Crippen molar-refractivity contribution in [1.82, 2.24) is 0 Å². The topological polar surface area (TPSA) is 103 Å². The first-order valence-electron chi connectivity index (χ1n) is 5.63. The van der Waals surface area contributed by atoms with Crippen LogP contribution in [0.2, 0.25) is 0 Å². The predicted octanol–water partition coefficient (Wildman–Crippen LogP) is 0.792. The summed E-state index contributed by atoms with van der Waals surface area (Å²) in [6, 6.07) is 3.51. The molecular weight excluding hydrogens is 275 g/mol. The van der Waals surface area contributed by atoms with Crippen LogP contribution in [0.25, 0.3) is 0 Å². The van der Waals surface area contributed by atoms with E-state index in [-0.39, 0.29) is 17.9 Å². The maximum atomic E-state index is 13.5. The second-order valence-electron chi connectivity index (χ2n) is 4.92. The molecule has 1 saturated heterocycles. The standard InChI is InChI=1S/C11H13FN2O4S/c12-9-5-8(1-2-10(9)14(15)16)6-11(13)3-4-19(17,18)7-11/h1-2,5H,3-4,6-7,13H2. The third-order valence-corrected chi connectivity index (χ3v) is 5.02. The Bertz CT molecular complexity index is 632. The Morgan fingerprint density at radius 2 is 2.16 bits per heavy atom. The molecule has 1 aromatic rings. The summed E-state index contributed by atoms with van der Waals surface area (Å²) >= 11 is 0. The molecule has 2 rings (SSSR count). The number of halogens is 1. The van der Waals surface area contributed by atoms with E-state index in [9.17, 15) is 22.9 Å². The van der Waals surface area contributed by atoms with Gasteiger partial charge in [0, 0.05) is 11.6 Å². The van der Waals surface area contributed by atoms with Crippen LogP contribution in [-0.4, -0.2) is 30.4 Å². The predicted molar refractivity (Wildman–Crippen MR) is 66.9 cm³/mol. The van der Waals surface area contributed by atoms with E-state index in [1.165, 1.54) is 6.07 Å². The number of nitrogens with two attached hydrogens (primary N) is 1. The zero-order valence-corrected chi connectivity index (χ0v) is 10.8. The first kappa shape index (κ1) is 13.9. The van der Waals surface area contributed by atoms with Gasteiger partial charge in [0.15, 0.2) is 9.84 Å². The number of nitro groups is 1. The van der Waals surface area contributed by atoms with Gasteiger partial charge in [0.05, 0.1) is 16.4 Å². The van der Waals surface area contributed by atoms with Gasteiger partial charge in [0.2, 0.25) is 5.82 Å². The van der Waals surface area contributed by atoms with Gasteiger partial charge in [-0.1, -0.05) is 6.07 Å². The SMILES string of the molecule is NC1(Cc2ccc([N+](=O)[O-])c(F)c2)CCS(=O)(=O)C1. The molecule has 0 radical (unpaired) electrons. The molecule has 1 aromatic carbocycles. The average molecular weight is 288 g/mol. The Morgan fingerprint density at radius 1 is 1.47 bits per heavy atom. The Kier molecular flexibility index (Phi) is 3.31. The summed E-state index contributed by atoms with van der Waals surface area (Å²) in [4.78, 5) is 9.68. The summed E-state index contributed by atoms with van der Waals surface area (Å²) in [5.41, 5.74) is 4.92. The van der Waals surface area contributed by atoms with Crippen molar-refractivity contribution in [3.8, 4) is 0 Å². The summed E-state index contributed by atoms with van der Waals surface area (Å²) in [5.74, 6) is -1.05. The molecule has 0 aromatic heterocycles. The third kappa shape index (κ3) is 3.07. The molecule has 2 N–H and O–H groups in total. The van der Waals surface area contributed by atoms with Crippen molar-refractivity contribution in [3.63, 3.8) is 0 Å². The monoisotopic (exact) mass is 288 g/mol. The molecule has 1 aliphatic heterocycles. The Balaban J connectivity index is 2.21. The van der Waals surface area contributed by atoms with E-state index >= 15 is 0 Å². The highest BCUT2D eigenvalue weighted by Crippen LogP contribution is 2.27. The van der Waals surface area contributed by atoms with E-state index in [4.69, 9.17) is 5.73 Å². The van der Waals surface area contributed by atoms with E-state index in [0.717, 1.165) is 12.1 Å². The van der Waals surface area contributed by atoms with Gasteiger partial charge in [-0.2, -0.15) is 4.39 Å². The Hall–Kier alpha value is -1.54. The number of hydrogen-bond donors (Lipinski definition) is 1. The molecule has 1 heterocycles. The summed E-state index contributed by atoms with van der Waals surface area (Å²) in [7, 11) is -3.13. The van der Waals surface area contributed by atoms with E-state index in [1.54, 1.807) is 0 Å². The summed E-state index contributed by atoms with van der Waals surface area (Å²) in [6.45, 7) is 0. The molecule has 0 bridgehead atoms. The van der Waals surface area contributed by atoms with Crippen LogP contribution in [0.4, 0.5) is 10.1 Å². The molecule has 104 valence electrons. The van der Waals surface area contributed by atoms with Crippen molar-refractivity contribution >= 4 is 15.5 Å². The average Bonchev–Trinajstić information content (AvgIpc) is 2.52. The number of nitro benzene ring substituents is 1. The van der Waals surface area contributed by atoms with Crippen LogP contribution in [0.15, 0.2) is 18.2 Å². The van der Waals surface area contributed by atoms with Crippen LogP contribution in [-0.2, 0) is 16.3 Å². The fraction of sp³-hybridized carbons (Fsp3) is 0.455. The van der Waals surface area contributed by atoms with Crippen LogP contribution in [0, 0.1) is 15.9 Å². The van der Waals surface area contributed by atoms with Crippen LogP contribution in [0.1, 0.15) is 12.0 Å². The summed E-state index contributed by atoms with van der Waals surface area (Å²) in [6.07, 6.45) is 0.495. The number of benzene rings is 1. The molecular formula is C11H13FN2O4S. The van der Waals surface area contributed by atoms with Crippen molar-refractivity contribution in [2.75, 3.05) is 11.5 Å². The summed E-state index contributed by atoms with van der Waals surface area (Å²) in [5, 5.41) is 10.5. The van der Waals surface area contributed by atoms with Gasteiger partial charge in [0.1, 0.15) is 0 Å². The smallest absolute Gasteiger partial charge is 0.304 e. The number of sulfone groups is 1. The van der Waals surface area contributed by atoms with Gasteiger partial charge in [-0.25, -0.2) is 8.42 Å². The maximum Gasteiger partial charge on any atom is 0.304 e. The molecule has 1 atom stereocenters. The molecule has 0 saturated carbocycles. The number of hydrogen-bond acceptors (Lipinski definition) is 5. The van der Waals surface area contributed by atoms with E-state index in [1.807, 2.05) is 0 Å². The quantitative estimate of drug-likeness (QED) is 0.654. The van der Waals surface area contributed by atoms with Crippen molar-refractivity contribution in [2.24, 2.45) is 5.73 Å². The van der Waals surface area contributed by atoms with Crippen LogP contribution >= 0.6 is 0 Å². The molecule has 0 spiro atoms. The van der Waals surface area contributed by atoms with Crippen molar-refractivity contribution in [2.45, 2.75) is 18.4 Å². The fourth-order valence-electron chi connectivity index (χ4n) is 2.30. The minimum absolute atomic E-state index is 0.0267. The van der Waals surface area contributed by atoms with E-state index < -0.39 is 31.8 Å². The van der Waals surface area contributed by atoms with Gasteiger partial charge in [-0.15, -0.1) is 0 Å². The Labute approximate surface area is 109 Å². The van der Waals surface area contributed by atoms with Gasteiger partial charge in [-0.05, 0) is 24.5 Å². The molecule has 1 aliphatic rings. The lowest BCUT2D eigenvalue weighted by molar-refractivity contribution is -0.387. The molecule has 0 aliphatic carbocycles. The largest absolute Gasteiger partial charge is 0.324 e. The van der Waals surface area contributed by atoms with E-state index in [2.05, 4.69) is 0 Å². The molecule has 1 unspecified atom stereocenters. The minimum Gasteiger partial charge on any atom is -0.324 e. The summed E-state index contributed by atoms with van der Waals surface area (Å²) < 4.78 is 36.3. The van der Waals surface area contributed by atoms with E-state index in [0.29, 0.717) is 12.0 Å². The molecule has 8 heteroatoms. The highest BCUT2D eigenvalue weighted by molar-refractivity contribution is 7.91. The highest BCUT2D eigenvalue weighted by atomic mass is 32.2. The second-order valence-corrected chi connectivity index (χ2v) is 7.11.